The number of nitrogens with two attached hydrogens (primary N) is 1. The molecule has 0 atom stereocenters. The van der Waals surface area contributed by atoms with Crippen LogP contribution in [0.15, 0.2) is 24.3 Å². The minimum atomic E-state index is -0.00242. The zero-order valence-corrected chi connectivity index (χ0v) is 17.5. The van der Waals surface area contributed by atoms with Crippen molar-refractivity contribution in [3.8, 4) is 5.75 Å². The van der Waals surface area contributed by atoms with Crippen LogP contribution in [-0.4, -0.2) is 44.6 Å². The van der Waals surface area contributed by atoms with Gasteiger partial charge in [0.25, 0.3) is 0 Å². The fraction of sp³-hybridized carbons (Fsp3) is 0.632. The van der Waals surface area contributed by atoms with Crippen molar-refractivity contribution in [3.05, 3.63) is 24.3 Å². The van der Waals surface area contributed by atoms with E-state index in [0.29, 0.717) is 19.6 Å². The Hall–Kier alpha value is -1.01. The number of likely N-dealkylation sites (N-methyl/N-ethyl adjacent to an activating group) is 1. The maximum absolute atomic E-state index is 12.4. The van der Waals surface area contributed by atoms with E-state index in [-0.39, 0.29) is 36.1 Å². The molecule has 5 nitrogen and oxygen atoms in total. The van der Waals surface area contributed by atoms with Crippen molar-refractivity contribution in [2.24, 2.45) is 11.1 Å². The van der Waals surface area contributed by atoms with Gasteiger partial charge in [-0.3, -0.25) is 4.79 Å². The van der Waals surface area contributed by atoms with Gasteiger partial charge in [-0.1, -0.05) is 19.3 Å². The summed E-state index contributed by atoms with van der Waals surface area (Å²) in [4.78, 5) is 14.4. The lowest BCUT2D eigenvalue weighted by Gasteiger charge is -2.35. The molecule has 1 amide bonds. The van der Waals surface area contributed by atoms with Gasteiger partial charge in [0.2, 0.25) is 5.91 Å². The van der Waals surface area contributed by atoms with E-state index in [1.54, 1.807) is 0 Å². The molecule has 0 unspecified atom stereocenters. The number of ether oxygens (including phenoxy) is 1. The predicted molar refractivity (Wildman–Crippen MR) is 113 cm³/mol. The summed E-state index contributed by atoms with van der Waals surface area (Å²) in [7, 11) is 4.03. The van der Waals surface area contributed by atoms with E-state index in [4.69, 9.17) is 10.5 Å². The molecule has 0 aliphatic heterocycles. The number of rotatable bonds is 8. The van der Waals surface area contributed by atoms with Crippen molar-refractivity contribution < 1.29 is 9.53 Å². The SMILES string of the molecule is CN(C)CCOc1ccc(NC(=O)CC2(CN)CCCCC2)cc1.Cl.Cl. The number of hydrogen-bond acceptors (Lipinski definition) is 4. The Labute approximate surface area is 169 Å². The molecule has 0 saturated heterocycles. The van der Waals surface area contributed by atoms with E-state index >= 15 is 0 Å². The molecule has 1 aliphatic carbocycles. The first-order valence-electron chi connectivity index (χ1n) is 8.90. The molecule has 3 N–H and O–H groups in total. The zero-order valence-electron chi connectivity index (χ0n) is 15.8. The highest BCUT2D eigenvalue weighted by Gasteiger charge is 2.32. The third kappa shape index (κ3) is 8.12. The van der Waals surface area contributed by atoms with Crippen molar-refractivity contribution in [1.29, 1.82) is 0 Å². The number of benzene rings is 1. The molecule has 7 heteroatoms. The van der Waals surface area contributed by atoms with Crippen LogP contribution >= 0.6 is 24.8 Å². The Morgan fingerprint density at radius 1 is 1.15 bits per heavy atom. The minimum absolute atomic E-state index is 0. The van der Waals surface area contributed by atoms with E-state index < -0.39 is 0 Å². The Bertz CT molecular complexity index is 518. The van der Waals surface area contributed by atoms with Crippen LogP contribution in [0.2, 0.25) is 0 Å². The van der Waals surface area contributed by atoms with Crippen molar-refractivity contribution in [2.45, 2.75) is 38.5 Å². The van der Waals surface area contributed by atoms with Crippen LogP contribution in [0.5, 0.6) is 5.75 Å². The summed E-state index contributed by atoms with van der Waals surface area (Å²) in [6.07, 6.45) is 6.28. The number of hydrogen-bond donors (Lipinski definition) is 2. The van der Waals surface area contributed by atoms with Crippen molar-refractivity contribution in [1.82, 2.24) is 4.90 Å². The maximum atomic E-state index is 12.4. The highest BCUT2D eigenvalue weighted by Crippen LogP contribution is 2.38. The summed E-state index contributed by atoms with van der Waals surface area (Å²) in [5.74, 6) is 0.879. The molecule has 1 fully saturated rings. The fourth-order valence-corrected chi connectivity index (χ4v) is 3.28. The van der Waals surface area contributed by atoms with E-state index in [1.807, 2.05) is 38.4 Å². The molecular formula is C19H33Cl2N3O2. The van der Waals surface area contributed by atoms with Gasteiger partial charge in [0.1, 0.15) is 12.4 Å². The first kappa shape index (κ1) is 25.0. The van der Waals surface area contributed by atoms with Crippen LogP contribution in [0.1, 0.15) is 38.5 Å². The molecule has 0 heterocycles. The zero-order chi connectivity index (χ0) is 17.4. The van der Waals surface area contributed by atoms with E-state index in [2.05, 4.69) is 10.2 Å². The summed E-state index contributed by atoms with van der Waals surface area (Å²) in [5, 5.41) is 2.99. The molecule has 2 rings (SSSR count). The average Bonchev–Trinajstić information content (AvgIpc) is 2.57. The standard InChI is InChI=1S/C19H31N3O2.2ClH/c1-22(2)12-13-24-17-8-6-16(7-9-17)21-18(23)14-19(15-20)10-4-3-5-11-19;;/h6-9H,3-5,10-15,20H2,1-2H3,(H,21,23);2*1H. The molecular weight excluding hydrogens is 373 g/mol. The third-order valence-corrected chi connectivity index (χ3v) is 4.83. The smallest absolute Gasteiger partial charge is 0.224 e. The lowest BCUT2D eigenvalue weighted by molar-refractivity contribution is -0.118. The van der Waals surface area contributed by atoms with Gasteiger partial charge in [0, 0.05) is 18.7 Å². The quantitative estimate of drug-likeness (QED) is 0.691. The van der Waals surface area contributed by atoms with Crippen LogP contribution in [0.3, 0.4) is 0 Å². The maximum Gasteiger partial charge on any atom is 0.224 e. The molecule has 0 spiro atoms. The summed E-state index contributed by atoms with van der Waals surface area (Å²) in [5.41, 5.74) is 6.77. The van der Waals surface area contributed by atoms with Gasteiger partial charge in [-0.25, -0.2) is 0 Å². The molecule has 1 aromatic rings. The summed E-state index contributed by atoms with van der Waals surface area (Å²) < 4.78 is 5.66. The number of halogens is 2. The van der Waals surface area contributed by atoms with Crippen LogP contribution in [0, 0.1) is 5.41 Å². The predicted octanol–water partition coefficient (Wildman–Crippen LogP) is 3.71. The Morgan fingerprint density at radius 2 is 1.77 bits per heavy atom. The molecule has 0 radical (unpaired) electrons. The van der Waals surface area contributed by atoms with E-state index in [1.165, 1.54) is 19.3 Å². The topological polar surface area (TPSA) is 67.6 Å². The van der Waals surface area contributed by atoms with Crippen LogP contribution in [0.4, 0.5) is 5.69 Å². The number of amides is 1. The minimum Gasteiger partial charge on any atom is -0.492 e. The van der Waals surface area contributed by atoms with E-state index in [9.17, 15) is 4.79 Å². The molecule has 1 aliphatic rings. The Kier molecular flexibility index (Phi) is 11.9. The van der Waals surface area contributed by atoms with Crippen LogP contribution < -0.4 is 15.8 Å². The summed E-state index contributed by atoms with van der Waals surface area (Å²) in [6.45, 7) is 2.12. The summed E-state index contributed by atoms with van der Waals surface area (Å²) >= 11 is 0. The number of carbonyl (C=O) groups is 1. The molecule has 26 heavy (non-hydrogen) atoms. The second-order valence-corrected chi connectivity index (χ2v) is 7.17. The lowest BCUT2D eigenvalue weighted by atomic mass is 9.71. The number of nitrogens with one attached hydrogen (secondary N) is 1. The van der Waals surface area contributed by atoms with E-state index in [0.717, 1.165) is 30.8 Å². The van der Waals surface area contributed by atoms with Crippen LogP contribution in [0.25, 0.3) is 0 Å². The number of carbonyl (C=O) groups excluding carboxylic acids is 1. The van der Waals surface area contributed by atoms with Gasteiger partial charge >= 0.3 is 0 Å². The Morgan fingerprint density at radius 3 is 2.31 bits per heavy atom. The first-order valence-corrected chi connectivity index (χ1v) is 8.90. The number of nitrogens with zero attached hydrogens (tertiary/aromatic N) is 1. The molecule has 1 aromatic carbocycles. The third-order valence-electron chi connectivity index (χ3n) is 4.83. The van der Waals surface area contributed by atoms with Gasteiger partial charge in [-0.05, 0) is 63.2 Å². The van der Waals surface area contributed by atoms with Crippen molar-refractivity contribution in [2.75, 3.05) is 39.1 Å². The van der Waals surface area contributed by atoms with Gasteiger partial charge < -0.3 is 20.7 Å². The molecule has 0 aromatic heterocycles. The molecule has 150 valence electrons. The van der Waals surface area contributed by atoms with Gasteiger partial charge in [0.05, 0.1) is 0 Å². The van der Waals surface area contributed by atoms with Crippen molar-refractivity contribution in [3.63, 3.8) is 0 Å². The largest absolute Gasteiger partial charge is 0.492 e. The Balaban J connectivity index is 0.00000312. The van der Waals surface area contributed by atoms with Gasteiger partial charge in [-0.15, -0.1) is 24.8 Å². The van der Waals surface area contributed by atoms with Crippen molar-refractivity contribution >= 4 is 36.4 Å². The first-order chi connectivity index (χ1) is 11.5. The molecule has 1 saturated carbocycles. The van der Waals surface area contributed by atoms with Gasteiger partial charge in [0.15, 0.2) is 0 Å². The van der Waals surface area contributed by atoms with Gasteiger partial charge in [-0.2, -0.15) is 0 Å². The highest BCUT2D eigenvalue weighted by molar-refractivity contribution is 5.91. The monoisotopic (exact) mass is 405 g/mol. The second-order valence-electron chi connectivity index (χ2n) is 7.17. The molecule has 0 bridgehead atoms. The highest BCUT2D eigenvalue weighted by atomic mass is 35.5. The van der Waals surface area contributed by atoms with Crippen LogP contribution in [-0.2, 0) is 4.79 Å². The fourth-order valence-electron chi connectivity index (χ4n) is 3.28. The lowest BCUT2D eigenvalue weighted by Crippen LogP contribution is -2.36. The number of anilines is 1. The second kappa shape index (κ2) is 12.4. The average molecular weight is 406 g/mol. The summed E-state index contributed by atoms with van der Waals surface area (Å²) in [6, 6.07) is 7.56. The normalized spacial score (nSPS) is 15.5.